The Morgan fingerprint density at radius 1 is 1.32 bits per heavy atom. The molecular weight excluding hydrogens is 331 g/mol. The van der Waals surface area contributed by atoms with E-state index in [9.17, 15) is 14.9 Å². The summed E-state index contributed by atoms with van der Waals surface area (Å²) >= 11 is 11.9. The van der Waals surface area contributed by atoms with Gasteiger partial charge in [0.05, 0.1) is 21.2 Å². The van der Waals surface area contributed by atoms with Crippen LogP contribution >= 0.6 is 23.2 Å². The third-order valence-corrected chi connectivity index (χ3v) is 3.21. The summed E-state index contributed by atoms with van der Waals surface area (Å²) in [6.45, 7) is 0. The van der Waals surface area contributed by atoms with Gasteiger partial charge in [-0.15, -0.1) is 0 Å². The molecule has 0 spiro atoms. The summed E-state index contributed by atoms with van der Waals surface area (Å²) in [5, 5.41) is 15.1. The first-order valence-electron chi connectivity index (χ1n) is 5.87. The lowest BCUT2D eigenvalue weighted by Crippen LogP contribution is -2.19. The van der Waals surface area contributed by atoms with Crippen molar-refractivity contribution in [2.75, 3.05) is 0 Å². The smallest absolute Gasteiger partial charge is 0.266 e. The number of hydrogen-bond donors (Lipinski definition) is 1. The number of nitrogens with zero attached hydrogens (tertiary/aromatic N) is 3. The van der Waals surface area contributed by atoms with Gasteiger partial charge in [-0.3, -0.25) is 19.9 Å². The molecule has 0 aliphatic carbocycles. The van der Waals surface area contributed by atoms with Gasteiger partial charge in [0.1, 0.15) is 5.69 Å². The molecule has 0 fully saturated rings. The van der Waals surface area contributed by atoms with Crippen LogP contribution in [-0.4, -0.2) is 22.0 Å². The summed E-state index contributed by atoms with van der Waals surface area (Å²) in [4.78, 5) is 25.6. The number of nitro groups is 1. The average Bonchev–Trinajstić information content (AvgIpc) is 2.50. The number of pyridine rings is 1. The normalized spacial score (nSPS) is 10.6. The maximum absolute atomic E-state index is 11.8. The van der Waals surface area contributed by atoms with E-state index in [0.717, 1.165) is 6.07 Å². The Morgan fingerprint density at radius 3 is 2.64 bits per heavy atom. The van der Waals surface area contributed by atoms with Crippen LogP contribution in [0.1, 0.15) is 16.1 Å². The molecule has 7 nitrogen and oxygen atoms in total. The van der Waals surface area contributed by atoms with E-state index in [1.807, 2.05) is 0 Å². The van der Waals surface area contributed by atoms with Gasteiger partial charge >= 0.3 is 0 Å². The van der Waals surface area contributed by atoms with E-state index in [2.05, 4.69) is 15.5 Å². The lowest BCUT2D eigenvalue weighted by molar-refractivity contribution is -0.385. The first-order chi connectivity index (χ1) is 10.5. The van der Waals surface area contributed by atoms with Gasteiger partial charge in [0, 0.05) is 23.9 Å². The molecule has 0 bridgehead atoms. The molecule has 1 amide bonds. The first kappa shape index (κ1) is 15.9. The highest BCUT2D eigenvalue weighted by molar-refractivity contribution is 6.38. The molecule has 2 aromatic rings. The average molecular weight is 339 g/mol. The first-order valence-corrected chi connectivity index (χ1v) is 6.62. The number of hydrazone groups is 1. The van der Waals surface area contributed by atoms with Crippen LogP contribution in [0.15, 0.2) is 41.6 Å². The van der Waals surface area contributed by atoms with Crippen molar-refractivity contribution in [2.24, 2.45) is 5.10 Å². The second kappa shape index (κ2) is 6.97. The molecule has 0 aliphatic heterocycles. The summed E-state index contributed by atoms with van der Waals surface area (Å²) in [5.41, 5.74) is 2.27. The topological polar surface area (TPSA) is 97.5 Å². The molecule has 0 radical (unpaired) electrons. The van der Waals surface area contributed by atoms with E-state index in [1.54, 1.807) is 18.2 Å². The molecule has 0 aliphatic rings. The molecule has 9 heteroatoms. The van der Waals surface area contributed by atoms with E-state index in [4.69, 9.17) is 23.2 Å². The molecule has 1 aromatic carbocycles. The summed E-state index contributed by atoms with van der Waals surface area (Å²) < 4.78 is 0. The maximum Gasteiger partial charge on any atom is 0.290 e. The number of benzene rings is 1. The zero-order valence-corrected chi connectivity index (χ0v) is 12.4. The Morgan fingerprint density at radius 2 is 2.00 bits per heavy atom. The number of rotatable bonds is 4. The largest absolute Gasteiger partial charge is 0.290 e. The standard InChI is InChI=1S/C13H8Cl2N4O3/c14-10-2-1-3-11(15)9(10)7-17-18-13(20)12-6-8(19(21)22)4-5-16-12/h1-7H,(H,18,20)/b17-7+. The molecule has 0 unspecified atom stereocenters. The Labute approximate surface area is 134 Å². The van der Waals surface area contributed by atoms with E-state index in [-0.39, 0.29) is 11.4 Å². The highest BCUT2D eigenvalue weighted by Gasteiger charge is 2.12. The molecule has 22 heavy (non-hydrogen) atoms. The molecule has 2 rings (SSSR count). The molecule has 112 valence electrons. The van der Waals surface area contributed by atoms with E-state index in [0.29, 0.717) is 15.6 Å². The number of hydrogen-bond acceptors (Lipinski definition) is 5. The third-order valence-electron chi connectivity index (χ3n) is 2.55. The van der Waals surface area contributed by atoms with Crippen molar-refractivity contribution in [2.45, 2.75) is 0 Å². The lowest BCUT2D eigenvalue weighted by atomic mass is 10.2. The third kappa shape index (κ3) is 3.78. The zero-order chi connectivity index (χ0) is 16.1. The van der Waals surface area contributed by atoms with Crippen LogP contribution in [0, 0.1) is 10.1 Å². The van der Waals surface area contributed by atoms with Crippen molar-refractivity contribution in [3.63, 3.8) is 0 Å². The Balaban J connectivity index is 2.11. The molecule has 1 heterocycles. The Kier molecular flexibility index (Phi) is 5.03. The summed E-state index contributed by atoms with van der Waals surface area (Å²) in [6, 6.07) is 7.15. The highest BCUT2D eigenvalue weighted by Crippen LogP contribution is 2.22. The molecular formula is C13H8Cl2N4O3. The van der Waals surface area contributed by atoms with Crippen LogP contribution in [-0.2, 0) is 0 Å². The van der Waals surface area contributed by atoms with Crippen molar-refractivity contribution >= 4 is 41.0 Å². The predicted molar refractivity (Wildman–Crippen MR) is 82.4 cm³/mol. The monoisotopic (exact) mass is 338 g/mol. The van der Waals surface area contributed by atoms with Crippen LogP contribution < -0.4 is 5.43 Å². The van der Waals surface area contributed by atoms with E-state index < -0.39 is 10.8 Å². The fraction of sp³-hybridized carbons (Fsp3) is 0. The number of amides is 1. The number of aromatic nitrogens is 1. The molecule has 1 N–H and O–H groups in total. The van der Waals surface area contributed by atoms with Gasteiger partial charge in [-0.2, -0.15) is 5.10 Å². The van der Waals surface area contributed by atoms with Crippen molar-refractivity contribution in [3.05, 3.63) is 67.9 Å². The predicted octanol–water partition coefficient (Wildman–Crippen LogP) is 3.06. The number of carbonyl (C=O) groups excluding carboxylic acids is 1. The van der Waals surface area contributed by atoms with Crippen molar-refractivity contribution < 1.29 is 9.72 Å². The second-order valence-corrected chi connectivity index (χ2v) is 4.81. The maximum atomic E-state index is 11.8. The minimum absolute atomic E-state index is 0.128. The van der Waals surface area contributed by atoms with Gasteiger partial charge in [0.15, 0.2) is 0 Å². The van der Waals surface area contributed by atoms with Gasteiger partial charge in [0.25, 0.3) is 11.6 Å². The Hall–Kier alpha value is -2.51. The van der Waals surface area contributed by atoms with Gasteiger partial charge < -0.3 is 0 Å². The van der Waals surface area contributed by atoms with Gasteiger partial charge in [-0.25, -0.2) is 5.43 Å². The van der Waals surface area contributed by atoms with Crippen molar-refractivity contribution in [3.8, 4) is 0 Å². The summed E-state index contributed by atoms with van der Waals surface area (Å²) in [7, 11) is 0. The summed E-state index contributed by atoms with van der Waals surface area (Å²) in [6.07, 6.45) is 2.45. The highest BCUT2D eigenvalue weighted by atomic mass is 35.5. The second-order valence-electron chi connectivity index (χ2n) is 3.99. The van der Waals surface area contributed by atoms with Crippen LogP contribution in [0.25, 0.3) is 0 Å². The van der Waals surface area contributed by atoms with Crippen LogP contribution in [0.3, 0.4) is 0 Å². The zero-order valence-electron chi connectivity index (χ0n) is 10.9. The number of carbonyl (C=O) groups is 1. The minimum Gasteiger partial charge on any atom is -0.266 e. The fourth-order valence-electron chi connectivity index (χ4n) is 1.50. The summed E-state index contributed by atoms with van der Waals surface area (Å²) in [5.74, 6) is -0.692. The Bertz CT molecular complexity index is 744. The van der Waals surface area contributed by atoms with E-state index in [1.165, 1.54) is 18.5 Å². The minimum atomic E-state index is -0.692. The van der Waals surface area contributed by atoms with Gasteiger partial charge in [-0.1, -0.05) is 29.3 Å². The molecule has 1 aromatic heterocycles. The number of nitrogens with one attached hydrogen (secondary N) is 1. The number of halogens is 2. The van der Waals surface area contributed by atoms with Gasteiger partial charge in [-0.05, 0) is 12.1 Å². The molecule has 0 saturated carbocycles. The molecule has 0 saturated heterocycles. The van der Waals surface area contributed by atoms with Crippen LogP contribution in [0.5, 0.6) is 0 Å². The SMILES string of the molecule is O=C(N/N=C/c1c(Cl)cccc1Cl)c1cc([N+](=O)[O-])ccn1. The van der Waals surface area contributed by atoms with Crippen molar-refractivity contribution in [1.29, 1.82) is 0 Å². The van der Waals surface area contributed by atoms with Gasteiger partial charge in [0.2, 0.25) is 0 Å². The van der Waals surface area contributed by atoms with Crippen LogP contribution in [0.4, 0.5) is 5.69 Å². The quantitative estimate of drug-likeness (QED) is 0.526. The molecule has 0 atom stereocenters. The van der Waals surface area contributed by atoms with Crippen molar-refractivity contribution in [1.82, 2.24) is 10.4 Å². The van der Waals surface area contributed by atoms with E-state index >= 15 is 0 Å². The lowest BCUT2D eigenvalue weighted by Gasteiger charge is -2.01. The fourth-order valence-corrected chi connectivity index (χ4v) is 2.00. The van der Waals surface area contributed by atoms with Crippen LogP contribution in [0.2, 0.25) is 10.0 Å².